The summed E-state index contributed by atoms with van der Waals surface area (Å²) in [7, 11) is 1.61. The molecule has 2 amide bonds. The third kappa shape index (κ3) is 4.07. The molecule has 0 saturated carbocycles. The van der Waals surface area contributed by atoms with Crippen LogP contribution < -0.4 is 14.8 Å². The van der Waals surface area contributed by atoms with Gasteiger partial charge in [0.1, 0.15) is 0 Å². The third-order valence-electron chi connectivity index (χ3n) is 6.00. The SMILES string of the molecule is COCCN1C(=O)c2ccccc2C(C(=O)NCc2ccc3c(c2)OCO3)C1c1cccs1. The first-order valence-corrected chi connectivity index (χ1v) is 11.6. The Morgan fingerprint density at radius 1 is 1.15 bits per heavy atom. The molecule has 1 N–H and O–H groups in total. The molecule has 0 aliphatic carbocycles. The van der Waals surface area contributed by atoms with Gasteiger partial charge in [-0.1, -0.05) is 30.3 Å². The summed E-state index contributed by atoms with van der Waals surface area (Å²) in [6.07, 6.45) is 0. The lowest BCUT2D eigenvalue weighted by atomic mass is 9.81. The summed E-state index contributed by atoms with van der Waals surface area (Å²) in [6, 6.07) is 16.5. The molecule has 0 fully saturated rings. The number of hydrogen-bond donors (Lipinski definition) is 1. The highest BCUT2D eigenvalue weighted by Gasteiger charge is 2.44. The largest absolute Gasteiger partial charge is 0.454 e. The Morgan fingerprint density at radius 2 is 2.00 bits per heavy atom. The van der Waals surface area contributed by atoms with E-state index in [1.54, 1.807) is 29.4 Å². The van der Waals surface area contributed by atoms with E-state index in [0.29, 0.717) is 36.8 Å². The predicted molar refractivity (Wildman–Crippen MR) is 124 cm³/mol. The topological polar surface area (TPSA) is 77.1 Å². The van der Waals surface area contributed by atoms with E-state index >= 15 is 0 Å². The number of fused-ring (bicyclic) bond motifs is 2. The molecule has 7 nitrogen and oxygen atoms in total. The van der Waals surface area contributed by atoms with Crippen LogP contribution in [0.15, 0.2) is 60.0 Å². The zero-order chi connectivity index (χ0) is 22.8. The van der Waals surface area contributed by atoms with E-state index in [9.17, 15) is 9.59 Å². The van der Waals surface area contributed by atoms with Crippen LogP contribution >= 0.6 is 11.3 Å². The van der Waals surface area contributed by atoms with Crippen molar-refractivity contribution in [2.24, 2.45) is 0 Å². The van der Waals surface area contributed by atoms with E-state index in [0.717, 1.165) is 16.0 Å². The summed E-state index contributed by atoms with van der Waals surface area (Å²) < 4.78 is 16.1. The van der Waals surface area contributed by atoms with Crippen molar-refractivity contribution in [1.82, 2.24) is 10.2 Å². The van der Waals surface area contributed by atoms with Crippen LogP contribution in [0.1, 0.15) is 38.3 Å². The Kier molecular flexibility index (Phi) is 6.02. The van der Waals surface area contributed by atoms with E-state index in [1.165, 1.54) is 0 Å². The van der Waals surface area contributed by atoms with E-state index in [1.807, 2.05) is 53.9 Å². The normalized spacial score (nSPS) is 18.8. The van der Waals surface area contributed by atoms with Crippen LogP contribution in [0.2, 0.25) is 0 Å². The van der Waals surface area contributed by atoms with Crippen molar-refractivity contribution in [3.8, 4) is 11.5 Å². The van der Waals surface area contributed by atoms with Crippen LogP contribution in [-0.2, 0) is 16.1 Å². The van der Waals surface area contributed by atoms with Gasteiger partial charge in [0.2, 0.25) is 12.7 Å². The van der Waals surface area contributed by atoms with Gasteiger partial charge in [-0.3, -0.25) is 9.59 Å². The molecule has 2 aliphatic heterocycles. The predicted octanol–water partition coefficient (Wildman–Crippen LogP) is 3.72. The number of carbonyl (C=O) groups excluding carboxylic acids is 2. The van der Waals surface area contributed by atoms with Gasteiger partial charge < -0.3 is 24.4 Å². The molecule has 2 atom stereocenters. The Balaban J connectivity index is 1.47. The van der Waals surface area contributed by atoms with Crippen LogP contribution in [0, 0.1) is 0 Å². The monoisotopic (exact) mass is 464 g/mol. The average Bonchev–Trinajstić information content (AvgIpc) is 3.53. The van der Waals surface area contributed by atoms with Crippen LogP contribution in [-0.4, -0.2) is 43.8 Å². The summed E-state index contributed by atoms with van der Waals surface area (Å²) in [6.45, 7) is 1.34. The van der Waals surface area contributed by atoms with E-state index < -0.39 is 12.0 Å². The van der Waals surface area contributed by atoms with Crippen molar-refractivity contribution in [3.63, 3.8) is 0 Å². The highest BCUT2D eigenvalue weighted by Crippen LogP contribution is 2.44. The minimum absolute atomic E-state index is 0.0825. The zero-order valence-corrected chi connectivity index (χ0v) is 19.0. The second-order valence-electron chi connectivity index (χ2n) is 7.92. The molecule has 5 rings (SSSR count). The zero-order valence-electron chi connectivity index (χ0n) is 18.2. The minimum atomic E-state index is -0.539. The summed E-state index contributed by atoms with van der Waals surface area (Å²) in [5, 5.41) is 5.05. The molecule has 0 saturated heterocycles. The molecular formula is C25H24N2O5S. The summed E-state index contributed by atoms with van der Waals surface area (Å²) >= 11 is 1.55. The molecule has 2 aromatic carbocycles. The number of rotatable bonds is 7. The summed E-state index contributed by atoms with van der Waals surface area (Å²) in [5.74, 6) is 0.631. The van der Waals surface area contributed by atoms with Crippen LogP contribution in [0.3, 0.4) is 0 Å². The summed E-state index contributed by atoms with van der Waals surface area (Å²) in [4.78, 5) is 29.8. The molecule has 0 radical (unpaired) electrons. The van der Waals surface area contributed by atoms with Crippen molar-refractivity contribution >= 4 is 23.2 Å². The fourth-order valence-corrected chi connectivity index (χ4v) is 5.31. The molecule has 2 unspecified atom stereocenters. The fraction of sp³-hybridized carbons (Fsp3) is 0.280. The van der Waals surface area contributed by atoms with Gasteiger partial charge in [-0.25, -0.2) is 0 Å². The molecule has 3 aromatic rings. The Morgan fingerprint density at radius 3 is 2.82 bits per heavy atom. The molecule has 2 aliphatic rings. The Labute approximate surface area is 195 Å². The number of benzene rings is 2. The molecule has 170 valence electrons. The smallest absolute Gasteiger partial charge is 0.254 e. The maximum absolute atomic E-state index is 13.7. The molecular weight excluding hydrogens is 440 g/mol. The minimum Gasteiger partial charge on any atom is -0.454 e. The van der Waals surface area contributed by atoms with Gasteiger partial charge in [0.25, 0.3) is 5.91 Å². The Bertz CT molecular complexity index is 1160. The standard InChI is InChI=1S/C25H24N2O5S/c1-30-11-10-27-23(21-7-4-12-33-21)22(17-5-2-3-6-18(17)25(27)29)24(28)26-14-16-8-9-19-20(13-16)32-15-31-19/h2-9,12-13,22-23H,10-11,14-15H2,1H3,(H,26,28). The second-order valence-corrected chi connectivity index (χ2v) is 8.90. The number of carbonyl (C=O) groups is 2. The lowest BCUT2D eigenvalue weighted by Crippen LogP contribution is -2.48. The van der Waals surface area contributed by atoms with Crippen molar-refractivity contribution in [1.29, 1.82) is 0 Å². The first kappa shape index (κ1) is 21.5. The maximum Gasteiger partial charge on any atom is 0.254 e. The molecule has 33 heavy (non-hydrogen) atoms. The lowest BCUT2D eigenvalue weighted by molar-refractivity contribution is -0.124. The highest BCUT2D eigenvalue weighted by molar-refractivity contribution is 7.10. The van der Waals surface area contributed by atoms with Gasteiger partial charge in [0.15, 0.2) is 11.5 Å². The average molecular weight is 465 g/mol. The first-order valence-electron chi connectivity index (χ1n) is 10.8. The van der Waals surface area contributed by atoms with E-state index in [4.69, 9.17) is 14.2 Å². The van der Waals surface area contributed by atoms with Crippen molar-refractivity contribution in [3.05, 3.63) is 81.5 Å². The highest BCUT2D eigenvalue weighted by atomic mass is 32.1. The number of ether oxygens (including phenoxy) is 3. The van der Waals surface area contributed by atoms with Crippen LogP contribution in [0.25, 0.3) is 0 Å². The van der Waals surface area contributed by atoms with Crippen LogP contribution in [0.4, 0.5) is 0 Å². The number of hydrogen-bond acceptors (Lipinski definition) is 6. The number of thiophene rings is 1. The van der Waals surface area contributed by atoms with Gasteiger partial charge in [0.05, 0.1) is 18.6 Å². The lowest BCUT2D eigenvalue weighted by Gasteiger charge is -2.41. The van der Waals surface area contributed by atoms with Gasteiger partial charge in [-0.2, -0.15) is 0 Å². The van der Waals surface area contributed by atoms with Gasteiger partial charge in [-0.15, -0.1) is 11.3 Å². The number of methoxy groups -OCH3 is 1. The molecule has 0 bridgehead atoms. The van der Waals surface area contributed by atoms with Crippen LogP contribution in [0.5, 0.6) is 11.5 Å². The third-order valence-corrected chi connectivity index (χ3v) is 6.94. The second kappa shape index (κ2) is 9.25. The molecule has 0 spiro atoms. The first-order chi connectivity index (χ1) is 16.2. The fourth-order valence-electron chi connectivity index (χ4n) is 4.44. The van der Waals surface area contributed by atoms with Gasteiger partial charge in [0, 0.05) is 30.6 Å². The number of nitrogens with zero attached hydrogens (tertiary/aromatic N) is 1. The van der Waals surface area contributed by atoms with E-state index in [2.05, 4.69) is 5.32 Å². The number of nitrogens with one attached hydrogen (secondary N) is 1. The molecule has 3 heterocycles. The van der Waals surface area contributed by atoms with Gasteiger partial charge >= 0.3 is 0 Å². The maximum atomic E-state index is 13.7. The van der Waals surface area contributed by atoms with Crippen molar-refractivity contribution in [2.45, 2.75) is 18.5 Å². The summed E-state index contributed by atoms with van der Waals surface area (Å²) in [5.41, 5.74) is 2.22. The van der Waals surface area contributed by atoms with Crippen molar-refractivity contribution < 1.29 is 23.8 Å². The van der Waals surface area contributed by atoms with E-state index in [-0.39, 0.29) is 18.6 Å². The quantitative estimate of drug-likeness (QED) is 0.577. The van der Waals surface area contributed by atoms with Gasteiger partial charge in [-0.05, 0) is 40.8 Å². The number of amides is 2. The molecule has 1 aromatic heterocycles. The Hall–Kier alpha value is -3.36. The van der Waals surface area contributed by atoms with Crippen molar-refractivity contribution in [2.75, 3.05) is 27.1 Å². The molecule has 8 heteroatoms.